The lowest BCUT2D eigenvalue weighted by Crippen LogP contribution is -2.05. The molecule has 0 spiro atoms. The lowest BCUT2D eigenvalue weighted by Gasteiger charge is -2.17. The van der Waals surface area contributed by atoms with Crippen molar-refractivity contribution in [1.29, 1.82) is 0 Å². The smallest absolute Gasteiger partial charge is 0.122 e. The predicted octanol–water partition coefficient (Wildman–Crippen LogP) is 3.60. The van der Waals surface area contributed by atoms with E-state index >= 15 is 0 Å². The van der Waals surface area contributed by atoms with Gasteiger partial charge in [-0.2, -0.15) is 0 Å². The molecular formula is C18H22O3. The largest absolute Gasteiger partial charge is 0.497 e. The molecule has 21 heavy (non-hydrogen) atoms. The normalized spacial score (nSPS) is 12.0. The number of aliphatic hydroxyl groups is 1. The summed E-state index contributed by atoms with van der Waals surface area (Å²) in [6.45, 7) is 4.14. The van der Waals surface area contributed by atoms with E-state index in [2.05, 4.69) is 26.0 Å². The topological polar surface area (TPSA) is 38.7 Å². The average molecular weight is 286 g/mol. The van der Waals surface area contributed by atoms with Crippen molar-refractivity contribution in [1.82, 2.24) is 0 Å². The molecule has 0 fully saturated rings. The number of benzene rings is 2. The van der Waals surface area contributed by atoms with Crippen molar-refractivity contribution in [2.24, 2.45) is 0 Å². The first-order chi connectivity index (χ1) is 10.0. The van der Waals surface area contributed by atoms with Crippen molar-refractivity contribution in [2.45, 2.75) is 26.4 Å². The molecule has 1 atom stereocenters. The minimum absolute atomic E-state index is 0.578. The Bertz CT molecular complexity index is 577. The molecule has 2 aromatic rings. The first-order valence-corrected chi connectivity index (χ1v) is 7.01. The van der Waals surface area contributed by atoms with Gasteiger partial charge in [-0.05, 0) is 48.2 Å². The molecule has 0 saturated heterocycles. The van der Waals surface area contributed by atoms with Gasteiger partial charge in [0.2, 0.25) is 0 Å². The molecular weight excluding hydrogens is 264 g/mol. The minimum Gasteiger partial charge on any atom is -0.497 e. The van der Waals surface area contributed by atoms with Crippen molar-refractivity contribution < 1.29 is 14.6 Å². The van der Waals surface area contributed by atoms with Crippen LogP contribution in [-0.4, -0.2) is 19.3 Å². The van der Waals surface area contributed by atoms with Crippen LogP contribution in [0.25, 0.3) is 0 Å². The maximum atomic E-state index is 10.6. The Kier molecular flexibility index (Phi) is 4.86. The Balaban J connectivity index is 2.30. The van der Waals surface area contributed by atoms with Gasteiger partial charge in [-0.1, -0.05) is 18.2 Å². The van der Waals surface area contributed by atoms with E-state index in [1.807, 2.05) is 18.2 Å². The molecule has 0 aliphatic heterocycles. The standard InChI is InChI=1S/C18H22O3/c1-12-6-5-7-13(2)17(12)11-18(19)14-8-15(20-3)10-16(9-14)21-4/h5-10,18-19H,11H2,1-4H3. The third-order valence-corrected chi connectivity index (χ3v) is 3.80. The Hall–Kier alpha value is -2.00. The summed E-state index contributed by atoms with van der Waals surface area (Å²) < 4.78 is 10.5. The number of hydrogen-bond donors (Lipinski definition) is 1. The molecule has 2 rings (SSSR count). The molecule has 112 valence electrons. The summed E-state index contributed by atoms with van der Waals surface area (Å²) in [6.07, 6.45) is -0.0109. The van der Waals surface area contributed by atoms with Gasteiger partial charge < -0.3 is 14.6 Å². The molecule has 0 bridgehead atoms. The van der Waals surface area contributed by atoms with Crippen LogP contribution in [0.2, 0.25) is 0 Å². The van der Waals surface area contributed by atoms with E-state index in [1.54, 1.807) is 20.3 Å². The molecule has 2 aromatic carbocycles. The molecule has 1 N–H and O–H groups in total. The summed E-state index contributed by atoms with van der Waals surface area (Å²) in [7, 11) is 3.22. The molecule has 1 unspecified atom stereocenters. The summed E-state index contributed by atoms with van der Waals surface area (Å²) in [4.78, 5) is 0. The SMILES string of the molecule is COc1cc(OC)cc(C(O)Cc2c(C)cccc2C)c1. The third-order valence-electron chi connectivity index (χ3n) is 3.80. The molecule has 0 aliphatic carbocycles. The number of aliphatic hydroxyl groups excluding tert-OH is 1. The first kappa shape index (κ1) is 15.4. The van der Waals surface area contributed by atoms with Crippen LogP contribution in [-0.2, 0) is 6.42 Å². The summed E-state index contributed by atoms with van der Waals surface area (Å²) in [6, 6.07) is 11.7. The van der Waals surface area contributed by atoms with Gasteiger partial charge in [0.05, 0.1) is 20.3 Å². The highest BCUT2D eigenvalue weighted by Gasteiger charge is 2.14. The molecule has 0 radical (unpaired) electrons. The molecule has 0 amide bonds. The van der Waals surface area contributed by atoms with Crippen LogP contribution in [0.15, 0.2) is 36.4 Å². The molecule has 3 nitrogen and oxygen atoms in total. The van der Waals surface area contributed by atoms with Gasteiger partial charge in [0.1, 0.15) is 11.5 Å². The van der Waals surface area contributed by atoms with Crippen molar-refractivity contribution in [3.8, 4) is 11.5 Å². The molecule has 0 aliphatic rings. The monoisotopic (exact) mass is 286 g/mol. The minimum atomic E-state index is -0.589. The molecule has 0 saturated carbocycles. The second-order valence-corrected chi connectivity index (χ2v) is 5.24. The fourth-order valence-electron chi connectivity index (χ4n) is 2.50. The van der Waals surface area contributed by atoms with E-state index in [1.165, 1.54) is 16.7 Å². The maximum Gasteiger partial charge on any atom is 0.122 e. The van der Waals surface area contributed by atoms with Crippen LogP contribution in [0.1, 0.15) is 28.4 Å². The molecule has 0 heterocycles. The summed E-state index contributed by atoms with van der Waals surface area (Å²) in [5.74, 6) is 1.37. The van der Waals surface area contributed by atoms with Crippen LogP contribution in [0.3, 0.4) is 0 Å². The van der Waals surface area contributed by atoms with Crippen LogP contribution < -0.4 is 9.47 Å². The third kappa shape index (κ3) is 3.56. The van der Waals surface area contributed by atoms with Crippen LogP contribution in [0.5, 0.6) is 11.5 Å². The predicted molar refractivity (Wildman–Crippen MR) is 84.1 cm³/mol. The van der Waals surface area contributed by atoms with E-state index in [9.17, 15) is 5.11 Å². The average Bonchev–Trinajstić information content (AvgIpc) is 2.50. The zero-order valence-corrected chi connectivity index (χ0v) is 13.0. The van der Waals surface area contributed by atoms with E-state index in [-0.39, 0.29) is 0 Å². The lowest BCUT2D eigenvalue weighted by molar-refractivity contribution is 0.177. The van der Waals surface area contributed by atoms with Crippen LogP contribution >= 0.6 is 0 Å². The van der Waals surface area contributed by atoms with Gasteiger partial charge in [0.25, 0.3) is 0 Å². The van der Waals surface area contributed by atoms with Crippen molar-refractivity contribution in [2.75, 3.05) is 14.2 Å². The van der Waals surface area contributed by atoms with Crippen LogP contribution in [0, 0.1) is 13.8 Å². The van der Waals surface area contributed by atoms with Crippen molar-refractivity contribution >= 4 is 0 Å². The zero-order chi connectivity index (χ0) is 15.4. The lowest BCUT2D eigenvalue weighted by atomic mass is 9.94. The molecule has 0 aromatic heterocycles. The van der Waals surface area contributed by atoms with E-state index < -0.39 is 6.10 Å². The first-order valence-electron chi connectivity index (χ1n) is 7.01. The Morgan fingerprint density at radius 2 is 1.48 bits per heavy atom. The highest BCUT2D eigenvalue weighted by molar-refractivity contribution is 5.41. The second-order valence-electron chi connectivity index (χ2n) is 5.24. The maximum absolute atomic E-state index is 10.6. The van der Waals surface area contributed by atoms with E-state index in [0.717, 1.165) is 5.56 Å². The number of methoxy groups -OCH3 is 2. The van der Waals surface area contributed by atoms with Gasteiger partial charge in [-0.25, -0.2) is 0 Å². The van der Waals surface area contributed by atoms with Crippen molar-refractivity contribution in [3.63, 3.8) is 0 Å². The van der Waals surface area contributed by atoms with E-state index in [0.29, 0.717) is 17.9 Å². The number of aryl methyl sites for hydroxylation is 2. The number of hydrogen-bond acceptors (Lipinski definition) is 3. The Morgan fingerprint density at radius 1 is 0.952 bits per heavy atom. The summed E-state index contributed by atoms with van der Waals surface area (Å²) in [5, 5.41) is 10.6. The quantitative estimate of drug-likeness (QED) is 0.912. The Labute approximate surface area is 126 Å². The van der Waals surface area contributed by atoms with E-state index in [4.69, 9.17) is 9.47 Å². The number of ether oxygens (including phenoxy) is 2. The summed E-state index contributed by atoms with van der Waals surface area (Å²) in [5.41, 5.74) is 4.38. The van der Waals surface area contributed by atoms with Crippen molar-refractivity contribution in [3.05, 3.63) is 58.7 Å². The second kappa shape index (κ2) is 6.64. The fourth-order valence-corrected chi connectivity index (χ4v) is 2.50. The van der Waals surface area contributed by atoms with Gasteiger partial charge in [0, 0.05) is 12.5 Å². The molecule has 3 heteroatoms. The van der Waals surface area contributed by atoms with Gasteiger partial charge in [0.15, 0.2) is 0 Å². The number of rotatable bonds is 5. The van der Waals surface area contributed by atoms with Gasteiger partial charge >= 0.3 is 0 Å². The van der Waals surface area contributed by atoms with Gasteiger partial charge in [-0.3, -0.25) is 0 Å². The highest BCUT2D eigenvalue weighted by atomic mass is 16.5. The van der Waals surface area contributed by atoms with Crippen LogP contribution in [0.4, 0.5) is 0 Å². The highest BCUT2D eigenvalue weighted by Crippen LogP contribution is 2.29. The fraction of sp³-hybridized carbons (Fsp3) is 0.333. The summed E-state index contributed by atoms with van der Waals surface area (Å²) >= 11 is 0. The Morgan fingerprint density at radius 3 is 1.95 bits per heavy atom. The zero-order valence-electron chi connectivity index (χ0n) is 13.0. The van der Waals surface area contributed by atoms with Gasteiger partial charge in [-0.15, -0.1) is 0 Å².